The highest BCUT2D eigenvalue weighted by atomic mass is 14.3. The summed E-state index contributed by atoms with van der Waals surface area (Å²) in [5, 5.41) is 0. The van der Waals surface area contributed by atoms with E-state index in [-0.39, 0.29) is 0 Å². The van der Waals surface area contributed by atoms with Gasteiger partial charge in [-0.1, -0.05) is 63.8 Å². The molecule has 2 fully saturated rings. The molecule has 0 heterocycles. The lowest BCUT2D eigenvalue weighted by molar-refractivity contribution is 0.270. The summed E-state index contributed by atoms with van der Waals surface area (Å²) in [5.41, 5.74) is 0. The van der Waals surface area contributed by atoms with E-state index in [0.29, 0.717) is 0 Å². The molecule has 0 N–H and O–H groups in total. The van der Waals surface area contributed by atoms with Gasteiger partial charge < -0.3 is 0 Å². The van der Waals surface area contributed by atoms with Gasteiger partial charge in [-0.15, -0.1) is 0 Å². The molecule has 2 saturated carbocycles. The highest BCUT2D eigenvalue weighted by Gasteiger charge is 2.20. The smallest absolute Gasteiger partial charge is 0.0233 e. The van der Waals surface area contributed by atoms with E-state index in [0.717, 1.165) is 23.7 Å². The highest BCUT2D eigenvalue weighted by molar-refractivity contribution is 4.93. The SMILES string of the molecule is CCC/C=C/C1CCC(C/C=C\CC2CCC(CC)CC2)CC1. The van der Waals surface area contributed by atoms with E-state index in [4.69, 9.17) is 0 Å². The van der Waals surface area contributed by atoms with Gasteiger partial charge in [-0.25, -0.2) is 0 Å². The van der Waals surface area contributed by atoms with E-state index >= 15 is 0 Å². The summed E-state index contributed by atoms with van der Waals surface area (Å²) in [4.78, 5) is 0. The van der Waals surface area contributed by atoms with Gasteiger partial charge in [0, 0.05) is 0 Å². The number of allylic oxidation sites excluding steroid dienone is 4. The third-order valence-electron chi connectivity index (χ3n) is 6.40. The normalized spacial score (nSPS) is 32.8. The van der Waals surface area contributed by atoms with Crippen molar-refractivity contribution in [3.63, 3.8) is 0 Å². The van der Waals surface area contributed by atoms with E-state index in [1.165, 1.54) is 83.5 Å². The molecular weight excluding hydrogens is 276 g/mol. The average Bonchev–Trinajstić information content (AvgIpc) is 2.61. The molecule has 2 rings (SSSR count). The maximum absolute atomic E-state index is 2.52. The second kappa shape index (κ2) is 11.1. The number of hydrogen-bond donors (Lipinski definition) is 0. The second-order valence-corrected chi connectivity index (χ2v) is 8.24. The van der Waals surface area contributed by atoms with Crippen molar-refractivity contribution in [2.45, 2.75) is 97.3 Å². The summed E-state index contributed by atoms with van der Waals surface area (Å²) in [6.45, 7) is 4.63. The van der Waals surface area contributed by atoms with Crippen LogP contribution in [0.2, 0.25) is 0 Å². The predicted molar refractivity (Wildman–Crippen MR) is 104 cm³/mol. The Labute approximate surface area is 145 Å². The Balaban J connectivity index is 1.55. The first-order valence-corrected chi connectivity index (χ1v) is 10.6. The van der Waals surface area contributed by atoms with Crippen LogP contribution in [0, 0.1) is 23.7 Å². The van der Waals surface area contributed by atoms with Gasteiger partial charge in [-0.2, -0.15) is 0 Å². The predicted octanol–water partition coefficient (Wildman–Crippen LogP) is 7.70. The van der Waals surface area contributed by atoms with Crippen LogP contribution in [0.1, 0.15) is 97.3 Å². The van der Waals surface area contributed by atoms with Crippen LogP contribution >= 0.6 is 0 Å². The molecule has 0 aromatic carbocycles. The molecule has 0 nitrogen and oxygen atoms in total. The number of unbranched alkanes of at least 4 members (excludes halogenated alkanes) is 1. The Bertz CT molecular complexity index is 335. The molecule has 0 amide bonds. The largest absolute Gasteiger partial charge is 0.0883 e. The van der Waals surface area contributed by atoms with Crippen LogP contribution in [0.4, 0.5) is 0 Å². The van der Waals surface area contributed by atoms with Crippen molar-refractivity contribution < 1.29 is 0 Å². The molecule has 2 aliphatic rings. The molecule has 0 radical (unpaired) electrons. The van der Waals surface area contributed by atoms with Crippen LogP contribution in [0.5, 0.6) is 0 Å². The lowest BCUT2D eigenvalue weighted by Gasteiger charge is -2.27. The van der Waals surface area contributed by atoms with Gasteiger partial charge in [-0.3, -0.25) is 0 Å². The molecule has 0 unspecified atom stereocenters. The lowest BCUT2D eigenvalue weighted by atomic mass is 9.79. The van der Waals surface area contributed by atoms with Crippen molar-refractivity contribution >= 4 is 0 Å². The summed E-state index contributed by atoms with van der Waals surface area (Å²) < 4.78 is 0. The molecule has 0 aromatic rings. The lowest BCUT2D eigenvalue weighted by Crippen LogP contribution is -2.13. The Morgan fingerprint density at radius 2 is 1.17 bits per heavy atom. The zero-order valence-corrected chi connectivity index (χ0v) is 15.8. The second-order valence-electron chi connectivity index (χ2n) is 8.24. The Kier molecular flexibility index (Phi) is 9.09. The summed E-state index contributed by atoms with van der Waals surface area (Å²) in [6.07, 6.45) is 28.3. The number of hydrogen-bond acceptors (Lipinski definition) is 0. The van der Waals surface area contributed by atoms with Crippen LogP contribution in [0.15, 0.2) is 24.3 Å². The molecule has 0 atom stereocenters. The zero-order valence-electron chi connectivity index (χ0n) is 15.8. The zero-order chi connectivity index (χ0) is 16.3. The number of rotatable bonds is 8. The van der Waals surface area contributed by atoms with E-state index in [9.17, 15) is 0 Å². The molecule has 2 aliphatic carbocycles. The molecule has 0 aliphatic heterocycles. The van der Waals surface area contributed by atoms with Gasteiger partial charge in [0.05, 0.1) is 0 Å². The van der Waals surface area contributed by atoms with Gasteiger partial charge in [0.2, 0.25) is 0 Å². The average molecular weight is 317 g/mol. The van der Waals surface area contributed by atoms with Crippen molar-refractivity contribution in [3.05, 3.63) is 24.3 Å². The van der Waals surface area contributed by atoms with E-state index in [2.05, 4.69) is 38.2 Å². The third-order valence-corrected chi connectivity index (χ3v) is 6.40. The minimum Gasteiger partial charge on any atom is -0.0883 e. The third kappa shape index (κ3) is 7.27. The molecule has 0 heteroatoms. The highest BCUT2D eigenvalue weighted by Crippen LogP contribution is 2.34. The Hall–Kier alpha value is -0.520. The van der Waals surface area contributed by atoms with Crippen LogP contribution in [-0.4, -0.2) is 0 Å². The fourth-order valence-electron chi connectivity index (χ4n) is 4.52. The van der Waals surface area contributed by atoms with Gasteiger partial charge in [-0.05, 0) is 81.5 Å². The van der Waals surface area contributed by atoms with Crippen molar-refractivity contribution in [1.29, 1.82) is 0 Å². The molecule has 23 heavy (non-hydrogen) atoms. The monoisotopic (exact) mass is 316 g/mol. The standard InChI is InChI=1S/C23H40/c1-3-5-6-9-21-16-18-23(19-17-21)11-8-7-10-22-14-12-20(4-2)13-15-22/h6-9,20-23H,3-5,10-19H2,1-2H3/b8-7-,9-6+. The molecule has 0 bridgehead atoms. The van der Waals surface area contributed by atoms with Crippen molar-refractivity contribution in [1.82, 2.24) is 0 Å². The summed E-state index contributed by atoms with van der Waals surface area (Å²) in [7, 11) is 0. The van der Waals surface area contributed by atoms with Gasteiger partial charge >= 0.3 is 0 Å². The van der Waals surface area contributed by atoms with E-state index in [1.807, 2.05) is 0 Å². The molecule has 132 valence electrons. The molecule has 0 saturated heterocycles. The Morgan fingerprint density at radius 1 is 0.652 bits per heavy atom. The quantitative estimate of drug-likeness (QED) is 0.402. The van der Waals surface area contributed by atoms with Crippen molar-refractivity contribution in [2.75, 3.05) is 0 Å². The Morgan fingerprint density at radius 3 is 1.70 bits per heavy atom. The maximum atomic E-state index is 2.52. The van der Waals surface area contributed by atoms with Crippen LogP contribution < -0.4 is 0 Å². The molecule has 0 aromatic heterocycles. The topological polar surface area (TPSA) is 0 Å². The first-order chi connectivity index (χ1) is 11.3. The maximum Gasteiger partial charge on any atom is -0.0233 e. The minimum absolute atomic E-state index is 0.885. The van der Waals surface area contributed by atoms with Gasteiger partial charge in [0.1, 0.15) is 0 Å². The fourth-order valence-corrected chi connectivity index (χ4v) is 4.52. The van der Waals surface area contributed by atoms with E-state index in [1.54, 1.807) is 0 Å². The summed E-state index contributed by atoms with van der Waals surface area (Å²) in [6, 6.07) is 0. The van der Waals surface area contributed by atoms with Crippen molar-refractivity contribution in [3.8, 4) is 0 Å². The summed E-state index contributed by atoms with van der Waals surface area (Å²) in [5.74, 6) is 3.89. The molecular formula is C23H40. The summed E-state index contributed by atoms with van der Waals surface area (Å²) >= 11 is 0. The first kappa shape index (κ1) is 18.8. The van der Waals surface area contributed by atoms with Crippen LogP contribution in [0.25, 0.3) is 0 Å². The van der Waals surface area contributed by atoms with Crippen LogP contribution in [0.3, 0.4) is 0 Å². The van der Waals surface area contributed by atoms with E-state index < -0.39 is 0 Å². The minimum atomic E-state index is 0.885. The van der Waals surface area contributed by atoms with Crippen LogP contribution in [-0.2, 0) is 0 Å². The fraction of sp³-hybridized carbons (Fsp3) is 0.826. The van der Waals surface area contributed by atoms with Gasteiger partial charge in [0.15, 0.2) is 0 Å². The first-order valence-electron chi connectivity index (χ1n) is 10.6. The van der Waals surface area contributed by atoms with Crippen molar-refractivity contribution in [2.24, 2.45) is 23.7 Å². The molecule has 0 spiro atoms. The van der Waals surface area contributed by atoms with Gasteiger partial charge in [0.25, 0.3) is 0 Å².